The van der Waals surface area contributed by atoms with Crippen molar-refractivity contribution in [1.82, 2.24) is 9.88 Å². The maximum absolute atomic E-state index is 6.14. The van der Waals surface area contributed by atoms with Crippen LogP contribution in [0.1, 0.15) is 65.4 Å². The van der Waals surface area contributed by atoms with Gasteiger partial charge < -0.3 is 16.0 Å². The Kier molecular flexibility index (Phi) is 7.91. The summed E-state index contributed by atoms with van der Waals surface area (Å²) in [6, 6.07) is 8.58. The number of unbranched alkanes of at least 4 members (excludes halogenated alkanes) is 3. The summed E-state index contributed by atoms with van der Waals surface area (Å²) in [6.45, 7) is 11.1. The molecule has 4 nitrogen and oxygen atoms in total. The number of rotatable bonds is 10. The molecule has 3 N–H and O–H groups in total. The second-order valence-electron chi connectivity index (χ2n) is 8.59. The molecule has 0 aliphatic rings. The number of fused-ring (bicyclic) bond motifs is 1. The van der Waals surface area contributed by atoms with Crippen molar-refractivity contribution < 1.29 is 0 Å². The second kappa shape index (κ2) is 9.93. The standard InChI is InChI=1S/C23H38N4/c1-6-7-15-25-21-17-19-18(13-11-14-20(19)26-22(21)24)12-9-8-10-16-27(5)23(2,3)4/h11,13-14,17,25H,6-10,12,15-16H2,1-5H3,(H2,24,26). The van der Waals surface area contributed by atoms with E-state index in [1.165, 1.54) is 36.6 Å². The van der Waals surface area contributed by atoms with E-state index in [1.807, 2.05) is 0 Å². The van der Waals surface area contributed by atoms with Gasteiger partial charge in [0.15, 0.2) is 0 Å². The van der Waals surface area contributed by atoms with Gasteiger partial charge in [-0.3, -0.25) is 0 Å². The highest BCUT2D eigenvalue weighted by Gasteiger charge is 2.15. The maximum Gasteiger partial charge on any atom is 0.147 e. The van der Waals surface area contributed by atoms with Crippen LogP contribution in [0.4, 0.5) is 11.5 Å². The lowest BCUT2D eigenvalue weighted by molar-refractivity contribution is 0.172. The van der Waals surface area contributed by atoms with Crippen molar-refractivity contribution in [2.45, 2.75) is 71.8 Å². The predicted octanol–water partition coefficient (Wildman–Crippen LogP) is 5.47. The molecule has 0 saturated carbocycles. The van der Waals surface area contributed by atoms with Crippen LogP contribution >= 0.6 is 0 Å². The third-order valence-electron chi connectivity index (χ3n) is 5.41. The molecule has 0 radical (unpaired) electrons. The van der Waals surface area contributed by atoms with Crippen LogP contribution in [0.15, 0.2) is 24.3 Å². The lowest BCUT2D eigenvalue weighted by atomic mass is 10.0. The fourth-order valence-electron chi connectivity index (χ4n) is 3.21. The Morgan fingerprint density at radius 2 is 1.89 bits per heavy atom. The highest BCUT2D eigenvalue weighted by atomic mass is 15.1. The van der Waals surface area contributed by atoms with Crippen molar-refractivity contribution in [3.8, 4) is 0 Å². The number of aryl methyl sites for hydroxylation is 1. The number of anilines is 2. The van der Waals surface area contributed by atoms with Gasteiger partial charge in [0.05, 0.1) is 11.2 Å². The van der Waals surface area contributed by atoms with E-state index < -0.39 is 0 Å². The van der Waals surface area contributed by atoms with Crippen LogP contribution in [-0.2, 0) is 6.42 Å². The van der Waals surface area contributed by atoms with E-state index in [0.29, 0.717) is 5.82 Å². The first-order valence-corrected chi connectivity index (χ1v) is 10.5. The van der Waals surface area contributed by atoms with Crippen molar-refractivity contribution in [2.24, 2.45) is 0 Å². The third-order valence-corrected chi connectivity index (χ3v) is 5.41. The van der Waals surface area contributed by atoms with Crippen LogP contribution in [0.5, 0.6) is 0 Å². The summed E-state index contributed by atoms with van der Waals surface area (Å²) in [5, 5.41) is 4.68. The first kappa shape index (κ1) is 21.5. The van der Waals surface area contributed by atoms with Crippen LogP contribution < -0.4 is 11.1 Å². The van der Waals surface area contributed by atoms with Crippen molar-refractivity contribution in [2.75, 3.05) is 31.2 Å². The van der Waals surface area contributed by atoms with Crippen molar-refractivity contribution in [3.05, 3.63) is 29.8 Å². The van der Waals surface area contributed by atoms with E-state index in [0.717, 1.165) is 37.1 Å². The van der Waals surface area contributed by atoms with Gasteiger partial charge in [-0.2, -0.15) is 0 Å². The van der Waals surface area contributed by atoms with Gasteiger partial charge >= 0.3 is 0 Å². The second-order valence-corrected chi connectivity index (χ2v) is 8.59. The number of nitrogens with two attached hydrogens (primary N) is 1. The number of aromatic nitrogens is 1. The zero-order valence-electron chi connectivity index (χ0n) is 17.9. The van der Waals surface area contributed by atoms with Crippen LogP contribution in [0.25, 0.3) is 10.9 Å². The summed E-state index contributed by atoms with van der Waals surface area (Å²) in [7, 11) is 2.22. The average molecular weight is 371 g/mol. The first-order chi connectivity index (χ1) is 12.8. The average Bonchev–Trinajstić information content (AvgIpc) is 2.61. The van der Waals surface area contributed by atoms with Crippen LogP contribution in [0.3, 0.4) is 0 Å². The molecule has 1 aromatic carbocycles. The summed E-state index contributed by atoms with van der Waals surface area (Å²) >= 11 is 0. The van der Waals surface area contributed by atoms with Crippen molar-refractivity contribution in [1.29, 1.82) is 0 Å². The quantitative estimate of drug-likeness (QED) is 0.544. The Hall–Kier alpha value is -1.81. The number of nitrogens with one attached hydrogen (secondary N) is 1. The van der Waals surface area contributed by atoms with Gasteiger partial charge in [0.25, 0.3) is 0 Å². The number of pyridine rings is 1. The van der Waals surface area contributed by atoms with E-state index >= 15 is 0 Å². The fourth-order valence-corrected chi connectivity index (χ4v) is 3.21. The highest BCUT2D eigenvalue weighted by molar-refractivity contribution is 5.88. The van der Waals surface area contributed by atoms with Crippen LogP contribution in [0, 0.1) is 0 Å². The van der Waals surface area contributed by atoms with Crippen LogP contribution in [0.2, 0.25) is 0 Å². The molecule has 0 amide bonds. The van der Waals surface area contributed by atoms with Crippen molar-refractivity contribution in [3.63, 3.8) is 0 Å². The molecule has 0 fully saturated rings. The van der Waals surface area contributed by atoms with E-state index in [-0.39, 0.29) is 5.54 Å². The summed E-state index contributed by atoms with van der Waals surface area (Å²) < 4.78 is 0. The van der Waals surface area contributed by atoms with E-state index in [2.05, 4.69) is 74.2 Å². The van der Waals surface area contributed by atoms with Gasteiger partial charge in [0.2, 0.25) is 0 Å². The molecule has 4 heteroatoms. The van der Waals surface area contributed by atoms with Crippen LogP contribution in [-0.4, -0.2) is 35.6 Å². The molecule has 0 unspecified atom stereocenters. The molecular weight excluding hydrogens is 332 g/mol. The summed E-state index contributed by atoms with van der Waals surface area (Å²) in [5.41, 5.74) is 9.74. The summed E-state index contributed by atoms with van der Waals surface area (Å²) in [6.07, 6.45) is 7.11. The summed E-state index contributed by atoms with van der Waals surface area (Å²) in [5.74, 6) is 0.598. The Balaban J connectivity index is 1.98. The molecule has 0 atom stereocenters. The molecule has 27 heavy (non-hydrogen) atoms. The lowest BCUT2D eigenvalue weighted by Gasteiger charge is -2.31. The summed E-state index contributed by atoms with van der Waals surface area (Å²) in [4.78, 5) is 7.05. The molecule has 2 aromatic rings. The molecule has 1 heterocycles. The Morgan fingerprint density at radius 1 is 1.11 bits per heavy atom. The Bertz CT molecular complexity index is 718. The Labute approximate surface area is 165 Å². The van der Waals surface area contributed by atoms with Gasteiger partial charge in [-0.15, -0.1) is 0 Å². The zero-order valence-corrected chi connectivity index (χ0v) is 17.9. The molecule has 0 saturated heterocycles. The fraction of sp³-hybridized carbons (Fsp3) is 0.609. The molecule has 0 bridgehead atoms. The molecule has 0 aliphatic heterocycles. The Morgan fingerprint density at radius 3 is 2.59 bits per heavy atom. The zero-order chi connectivity index (χ0) is 19.9. The molecular formula is C23H38N4. The van der Waals surface area contributed by atoms with Gasteiger partial charge in [0, 0.05) is 17.5 Å². The van der Waals surface area contributed by atoms with E-state index in [9.17, 15) is 0 Å². The smallest absolute Gasteiger partial charge is 0.147 e. The largest absolute Gasteiger partial charge is 0.382 e. The number of nitrogen functional groups attached to an aromatic ring is 1. The highest BCUT2D eigenvalue weighted by Crippen LogP contribution is 2.26. The maximum atomic E-state index is 6.14. The predicted molar refractivity (Wildman–Crippen MR) is 119 cm³/mol. The monoisotopic (exact) mass is 370 g/mol. The van der Waals surface area contributed by atoms with Gasteiger partial charge in [-0.25, -0.2) is 4.98 Å². The van der Waals surface area contributed by atoms with E-state index in [1.54, 1.807) is 0 Å². The minimum Gasteiger partial charge on any atom is -0.382 e. The third kappa shape index (κ3) is 6.39. The molecule has 2 rings (SSSR count). The number of hydrogen-bond acceptors (Lipinski definition) is 4. The first-order valence-electron chi connectivity index (χ1n) is 10.5. The topological polar surface area (TPSA) is 54.2 Å². The molecule has 0 spiro atoms. The van der Waals surface area contributed by atoms with Gasteiger partial charge in [-0.05, 0) is 77.7 Å². The van der Waals surface area contributed by atoms with E-state index in [4.69, 9.17) is 5.73 Å². The van der Waals surface area contributed by atoms with Crippen molar-refractivity contribution >= 4 is 22.4 Å². The lowest BCUT2D eigenvalue weighted by Crippen LogP contribution is -2.38. The molecule has 150 valence electrons. The minimum absolute atomic E-state index is 0.252. The molecule has 0 aliphatic carbocycles. The molecule has 1 aromatic heterocycles. The van der Waals surface area contributed by atoms with Gasteiger partial charge in [0.1, 0.15) is 5.82 Å². The SMILES string of the molecule is CCCCNc1cc2c(CCCCCN(C)C(C)(C)C)cccc2nc1N. The number of nitrogens with zero attached hydrogens (tertiary/aromatic N) is 2. The minimum atomic E-state index is 0.252. The number of benzene rings is 1. The normalized spacial score (nSPS) is 12.1. The number of hydrogen-bond donors (Lipinski definition) is 2. The van der Waals surface area contributed by atoms with Gasteiger partial charge in [-0.1, -0.05) is 31.9 Å².